The zero-order valence-corrected chi connectivity index (χ0v) is 14.1. The van der Waals surface area contributed by atoms with Crippen molar-refractivity contribution in [1.29, 1.82) is 0 Å². The molecule has 0 spiro atoms. The summed E-state index contributed by atoms with van der Waals surface area (Å²) in [6.07, 6.45) is 1.07. The van der Waals surface area contributed by atoms with Gasteiger partial charge in [-0.2, -0.15) is 0 Å². The van der Waals surface area contributed by atoms with Crippen LogP contribution < -0.4 is 10.6 Å². The summed E-state index contributed by atoms with van der Waals surface area (Å²) in [5, 5.41) is 17.0. The number of fused-ring (bicyclic) bond motifs is 1. The first-order chi connectivity index (χ1) is 11.5. The summed E-state index contributed by atoms with van der Waals surface area (Å²) < 4.78 is 11.1. The molecular weight excluding hydrogens is 308 g/mol. The fraction of sp³-hybridized carbons (Fsp3) is 0.500. The highest BCUT2D eigenvalue weighted by molar-refractivity contribution is 5.82. The Labute approximate surface area is 141 Å². The number of ether oxygens (including phenoxy) is 1. The number of amides is 2. The van der Waals surface area contributed by atoms with Gasteiger partial charge in [0.2, 0.25) is 0 Å². The molecule has 1 unspecified atom stereocenters. The third-order valence-electron chi connectivity index (χ3n) is 4.62. The zero-order valence-electron chi connectivity index (χ0n) is 14.1. The predicted molar refractivity (Wildman–Crippen MR) is 90.9 cm³/mol. The summed E-state index contributed by atoms with van der Waals surface area (Å²) in [5.74, 6) is 0.746. The molecule has 6 nitrogen and oxygen atoms in total. The van der Waals surface area contributed by atoms with Gasteiger partial charge in [-0.3, -0.25) is 0 Å². The highest BCUT2D eigenvalue weighted by Gasteiger charge is 2.30. The molecule has 0 aliphatic carbocycles. The van der Waals surface area contributed by atoms with Crippen LogP contribution in [-0.2, 0) is 4.74 Å². The number of para-hydroxylation sites is 1. The van der Waals surface area contributed by atoms with Crippen molar-refractivity contribution in [2.45, 2.75) is 38.3 Å². The molecule has 130 valence electrons. The van der Waals surface area contributed by atoms with Crippen molar-refractivity contribution in [3.63, 3.8) is 0 Å². The van der Waals surface area contributed by atoms with E-state index in [-0.39, 0.29) is 18.6 Å². The first-order valence-electron chi connectivity index (χ1n) is 8.31. The number of benzene rings is 1. The van der Waals surface area contributed by atoms with E-state index in [1.807, 2.05) is 38.1 Å². The van der Waals surface area contributed by atoms with Gasteiger partial charge in [0, 0.05) is 43.5 Å². The van der Waals surface area contributed by atoms with E-state index in [1.165, 1.54) is 0 Å². The summed E-state index contributed by atoms with van der Waals surface area (Å²) in [5.41, 5.74) is 0.964. The van der Waals surface area contributed by atoms with E-state index in [1.54, 1.807) is 0 Å². The van der Waals surface area contributed by atoms with Crippen LogP contribution in [0.5, 0.6) is 0 Å². The molecule has 0 saturated carbocycles. The molecular formula is C18H24N2O4. The molecule has 1 aromatic carbocycles. The van der Waals surface area contributed by atoms with Gasteiger partial charge in [-0.25, -0.2) is 4.79 Å². The second-order valence-corrected chi connectivity index (χ2v) is 6.47. The van der Waals surface area contributed by atoms with Crippen LogP contribution in [0.1, 0.15) is 37.1 Å². The highest BCUT2D eigenvalue weighted by atomic mass is 16.5. The van der Waals surface area contributed by atoms with Crippen LogP contribution in [0, 0.1) is 6.92 Å². The summed E-state index contributed by atoms with van der Waals surface area (Å²) >= 11 is 0. The number of furan rings is 1. The molecule has 1 saturated heterocycles. The molecule has 1 aromatic heterocycles. The van der Waals surface area contributed by atoms with Gasteiger partial charge in [-0.1, -0.05) is 18.2 Å². The molecule has 0 radical (unpaired) electrons. The molecule has 1 aliphatic rings. The number of carbonyl (C=O) groups excluding carboxylic acids is 1. The van der Waals surface area contributed by atoms with Crippen molar-refractivity contribution in [3.8, 4) is 0 Å². The van der Waals surface area contributed by atoms with E-state index in [0.29, 0.717) is 26.1 Å². The fourth-order valence-corrected chi connectivity index (χ4v) is 3.09. The van der Waals surface area contributed by atoms with Gasteiger partial charge < -0.3 is 24.9 Å². The summed E-state index contributed by atoms with van der Waals surface area (Å²) in [6, 6.07) is 7.23. The number of hydrogen-bond acceptors (Lipinski definition) is 4. The number of carbonyl (C=O) groups is 1. The van der Waals surface area contributed by atoms with Crippen molar-refractivity contribution in [1.82, 2.24) is 10.6 Å². The van der Waals surface area contributed by atoms with E-state index in [2.05, 4.69) is 10.6 Å². The second kappa shape index (κ2) is 6.83. The van der Waals surface area contributed by atoms with Crippen LogP contribution in [0.15, 0.2) is 28.7 Å². The van der Waals surface area contributed by atoms with Gasteiger partial charge >= 0.3 is 6.03 Å². The predicted octanol–water partition coefficient (Wildman–Crippen LogP) is 2.64. The number of nitrogens with one attached hydrogen (secondary N) is 2. The van der Waals surface area contributed by atoms with Gasteiger partial charge in [0.15, 0.2) is 0 Å². The third kappa shape index (κ3) is 3.55. The minimum absolute atomic E-state index is 0.216. The molecule has 3 rings (SSSR count). The monoisotopic (exact) mass is 332 g/mol. The summed E-state index contributed by atoms with van der Waals surface area (Å²) in [6.45, 7) is 5.13. The van der Waals surface area contributed by atoms with Crippen molar-refractivity contribution in [3.05, 3.63) is 35.6 Å². The Balaban J connectivity index is 1.60. The lowest BCUT2D eigenvalue weighted by molar-refractivity contribution is -0.0600. The maximum atomic E-state index is 12.1. The zero-order chi connectivity index (χ0) is 17.2. The van der Waals surface area contributed by atoms with E-state index in [4.69, 9.17) is 9.15 Å². The topological polar surface area (TPSA) is 83.7 Å². The van der Waals surface area contributed by atoms with Crippen molar-refractivity contribution < 1.29 is 19.1 Å². The normalized spacial score (nSPS) is 18.3. The molecule has 3 N–H and O–H groups in total. The van der Waals surface area contributed by atoms with E-state index in [0.717, 1.165) is 22.3 Å². The average Bonchev–Trinajstić information content (AvgIpc) is 2.91. The molecule has 1 fully saturated rings. The van der Waals surface area contributed by atoms with Crippen LogP contribution in [0.4, 0.5) is 4.79 Å². The van der Waals surface area contributed by atoms with Crippen LogP contribution in [0.2, 0.25) is 0 Å². The Morgan fingerprint density at radius 1 is 1.33 bits per heavy atom. The Morgan fingerprint density at radius 3 is 2.75 bits per heavy atom. The first kappa shape index (κ1) is 16.8. The molecule has 2 heterocycles. The lowest BCUT2D eigenvalue weighted by atomic mass is 9.94. The number of hydrogen-bond donors (Lipinski definition) is 3. The molecule has 6 heteroatoms. The molecule has 2 amide bonds. The third-order valence-corrected chi connectivity index (χ3v) is 4.62. The van der Waals surface area contributed by atoms with E-state index < -0.39 is 5.60 Å². The van der Waals surface area contributed by atoms with E-state index >= 15 is 0 Å². The fourth-order valence-electron chi connectivity index (χ4n) is 3.09. The van der Waals surface area contributed by atoms with Gasteiger partial charge in [-0.15, -0.1) is 0 Å². The maximum absolute atomic E-state index is 12.1. The Kier molecular flexibility index (Phi) is 4.78. The summed E-state index contributed by atoms with van der Waals surface area (Å²) in [7, 11) is 0. The van der Waals surface area contributed by atoms with Crippen LogP contribution >= 0.6 is 0 Å². The van der Waals surface area contributed by atoms with Gasteiger partial charge in [0.25, 0.3) is 0 Å². The molecule has 1 atom stereocenters. The largest absolute Gasteiger partial charge is 0.459 e. The SMILES string of the molecule is Cc1c(C(C)NC(=O)NCC2(O)CCOCC2)oc2ccccc12. The second-order valence-electron chi connectivity index (χ2n) is 6.47. The molecule has 2 aromatic rings. The number of aliphatic hydroxyl groups is 1. The first-order valence-corrected chi connectivity index (χ1v) is 8.31. The van der Waals surface area contributed by atoms with Gasteiger partial charge in [-0.05, 0) is 19.9 Å². The van der Waals surface area contributed by atoms with E-state index in [9.17, 15) is 9.90 Å². The van der Waals surface area contributed by atoms with Gasteiger partial charge in [0.05, 0.1) is 11.6 Å². The van der Waals surface area contributed by atoms with Crippen LogP contribution in [-0.4, -0.2) is 36.5 Å². The van der Waals surface area contributed by atoms with Crippen molar-refractivity contribution >= 4 is 17.0 Å². The Hall–Kier alpha value is -2.05. The average molecular weight is 332 g/mol. The van der Waals surface area contributed by atoms with Gasteiger partial charge in [0.1, 0.15) is 11.3 Å². The molecule has 0 bridgehead atoms. The smallest absolute Gasteiger partial charge is 0.315 e. The minimum Gasteiger partial charge on any atom is -0.459 e. The minimum atomic E-state index is -0.881. The van der Waals surface area contributed by atoms with Crippen molar-refractivity contribution in [2.24, 2.45) is 0 Å². The van der Waals surface area contributed by atoms with Crippen LogP contribution in [0.25, 0.3) is 11.0 Å². The standard InChI is InChI=1S/C18H24N2O4/c1-12-14-5-3-4-6-15(14)24-16(12)13(2)20-17(21)19-11-18(22)7-9-23-10-8-18/h3-6,13,22H,7-11H2,1-2H3,(H2,19,20,21). The number of rotatable bonds is 4. The van der Waals surface area contributed by atoms with Crippen molar-refractivity contribution in [2.75, 3.05) is 19.8 Å². The maximum Gasteiger partial charge on any atom is 0.315 e. The van der Waals surface area contributed by atoms with Crippen LogP contribution in [0.3, 0.4) is 0 Å². The lowest BCUT2D eigenvalue weighted by Crippen LogP contribution is -2.49. The Morgan fingerprint density at radius 2 is 2.04 bits per heavy atom. The number of aryl methyl sites for hydroxylation is 1. The highest BCUT2D eigenvalue weighted by Crippen LogP contribution is 2.29. The quantitative estimate of drug-likeness (QED) is 0.804. The Bertz CT molecular complexity index is 719. The number of urea groups is 1. The molecule has 1 aliphatic heterocycles. The summed E-state index contributed by atoms with van der Waals surface area (Å²) in [4.78, 5) is 12.1. The lowest BCUT2D eigenvalue weighted by Gasteiger charge is -2.32. The molecule has 24 heavy (non-hydrogen) atoms.